The van der Waals surface area contributed by atoms with Crippen LogP contribution in [0.5, 0.6) is 0 Å². The molecule has 1 aromatic heterocycles. The summed E-state index contributed by atoms with van der Waals surface area (Å²) in [5.41, 5.74) is 0. The molecule has 0 saturated carbocycles. The summed E-state index contributed by atoms with van der Waals surface area (Å²) in [7, 11) is 0. The Morgan fingerprint density at radius 1 is 1.00 bits per heavy atom. The minimum absolute atomic E-state index is 0. The Kier molecular flexibility index (Phi) is 6.85. The van der Waals surface area contributed by atoms with Gasteiger partial charge in [-0.15, -0.1) is 0 Å². The molecule has 0 aromatic carbocycles. The predicted molar refractivity (Wildman–Crippen MR) is 24.8 cm³/mol. The summed E-state index contributed by atoms with van der Waals surface area (Å²) in [6, 6.07) is 0. The van der Waals surface area contributed by atoms with Crippen molar-refractivity contribution in [1.29, 1.82) is 0 Å². The molecule has 1 rings (SSSR count). The van der Waals surface area contributed by atoms with Gasteiger partial charge in [0, 0.05) is 37.1 Å². The summed E-state index contributed by atoms with van der Waals surface area (Å²) in [5.74, 6) is 1.50. The van der Waals surface area contributed by atoms with Gasteiger partial charge >= 0.3 is 0 Å². The summed E-state index contributed by atoms with van der Waals surface area (Å²) >= 11 is 0. The summed E-state index contributed by atoms with van der Waals surface area (Å²) in [5, 5.41) is 7.31. The third-order valence-corrected chi connectivity index (χ3v) is 0.663. The zero-order valence-corrected chi connectivity index (χ0v) is 8.03. The van der Waals surface area contributed by atoms with E-state index >= 15 is 0 Å². The van der Waals surface area contributed by atoms with Crippen LogP contribution in [0.25, 0.3) is 0 Å². The van der Waals surface area contributed by atoms with E-state index in [0.717, 1.165) is 11.6 Å². The fourth-order valence-electron chi connectivity index (χ4n) is 0.424. The predicted octanol–water partition coefficient (Wildman–Crippen LogP) is 0.0456. The van der Waals surface area contributed by atoms with Crippen molar-refractivity contribution in [1.82, 2.24) is 15.2 Å². The van der Waals surface area contributed by atoms with Crippen molar-refractivity contribution >= 4 is 0 Å². The van der Waals surface area contributed by atoms with E-state index in [9.17, 15) is 0 Å². The second-order valence-corrected chi connectivity index (χ2v) is 1.41. The molecule has 1 aromatic rings. The van der Waals surface area contributed by atoms with Crippen LogP contribution in [-0.2, 0) is 37.1 Å². The van der Waals surface area contributed by atoms with Gasteiger partial charge in [0.2, 0.25) is 0 Å². The number of aryl methyl sites for hydroxylation is 2. The zero-order chi connectivity index (χ0) is 5.28. The van der Waals surface area contributed by atoms with E-state index in [1.165, 1.54) is 0 Å². The maximum atomic E-state index is 3.89. The van der Waals surface area contributed by atoms with Crippen LogP contribution in [0.15, 0.2) is 0 Å². The van der Waals surface area contributed by atoms with Gasteiger partial charge < -0.3 is 15.2 Å². The molecule has 9 heavy (non-hydrogen) atoms. The molecule has 48 valence electrons. The first-order valence-corrected chi connectivity index (χ1v) is 2.09. The maximum absolute atomic E-state index is 3.89. The van der Waals surface area contributed by atoms with Gasteiger partial charge in [0.05, 0.1) is 0 Å². The van der Waals surface area contributed by atoms with Crippen molar-refractivity contribution in [2.45, 2.75) is 13.8 Å². The van der Waals surface area contributed by atoms with E-state index in [-0.39, 0.29) is 37.1 Å². The molecule has 0 aliphatic heterocycles. The van der Waals surface area contributed by atoms with Crippen LogP contribution in [0.3, 0.4) is 0 Å². The Hall–Kier alpha value is 0.309. The normalized spacial score (nSPS) is 7.33. The van der Waals surface area contributed by atoms with Gasteiger partial charge in [-0.3, -0.25) is 0 Å². The fraction of sp³-hybridized carbons (Fsp3) is 0.500. The summed E-state index contributed by atoms with van der Waals surface area (Å²) in [4.78, 5) is 3.89. The third kappa shape index (κ3) is 3.82. The molecule has 0 fully saturated rings. The van der Waals surface area contributed by atoms with Crippen LogP contribution in [0.4, 0.5) is 0 Å². The first-order valence-electron chi connectivity index (χ1n) is 2.09. The summed E-state index contributed by atoms with van der Waals surface area (Å²) < 4.78 is 0. The number of hydrogen-bond donors (Lipinski definition) is 0. The van der Waals surface area contributed by atoms with Crippen LogP contribution in [0.1, 0.15) is 11.6 Å². The Balaban J connectivity index is 0. The molecule has 0 atom stereocenters. The first kappa shape index (κ1) is 12.0. The molecule has 0 saturated heterocycles. The van der Waals surface area contributed by atoms with Crippen molar-refractivity contribution < 1.29 is 37.1 Å². The second-order valence-electron chi connectivity index (χ2n) is 1.41. The van der Waals surface area contributed by atoms with Crippen LogP contribution in [0, 0.1) is 13.8 Å². The smallest absolute Gasteiger partial charge is 0 e. The van der Waals surface area contributed by atoms with E-state index < -0.39 is 0 Å². The van der Waals surface area contributed by atoms with E-state index in [4.69, 9.17) is 0 Å². The van der Waals surface area contributed by atoms with Crippen LogP contribution in [-0.4, -0.2) is 10.2 Å². The van der Waals surface area contributed by atoms with Crippen molar-refractivity contribution in [2.24, 2.45) is 0 Å². The van der Waals surface area contributed by atoms with Gasteiger partial charge in [0.15, 0.2) is 0 Å². The van der Waals surface area contributed by atoms with Crippen LogP contribution >= 0.6 is 0 Å². The Bertz CT molecular complexity index is 146. The van der Waals surface area contributed by atoms with Crippen LogP contribution in [0.2, 0.25) is 0 Å². The molecule has 0 unspecified atom stereocenters. The largest absolute Gasteiger partial charge is 0.367 e. The Labute approximate surface area is 77.8 Å². The van der Waals surface area contributed by atoms with Gasteiger partial charge in [-0.05, 0) is 25.5 Å². The van der Waals surface area contributed by atoms with E-state index in [1.54, 1.807) is 0 Å². The average Bonchev–Trinajstić information content (AvgIpc) is 1.87. The maximum Gasteiger partial charge on any atom is 0 e. The van der Waals surface area contributed by atoms with Crippen molar-refractivity contribution in [3.05, 3.63) is 11.6 Å². The third-order valence-electron chi connectivity index (χ3n) is 0.663. The van der Waals surface area contributed by atoms with Crippen molar-refractivity contribution in [3.8, 4) is 0 Å². The number of rotatable bonds is 0. The van der Waals surface area contributed by atoms with Gasteiger partial charge in [-0.1, -0.05) is 0 Å². The van der Waals surface area contributed by atoms with Crippen LogP contribution < -0.4 is 4.98 Å². The first-order chi connectivity index (χ1) is 3.29. The molecule has 2 radical (unpaired) electrons. The van der Waals surface area contributed by atoms with E-state index in [1.807, 2.05) is 13.8 Å². The van der Waals surface area contributed by atoms with Gasteiger partial charge in [-0.2, -0.15) is 0 Å². The minimum atomic E-state index is 0. The van der Waals surface area contributed by atoms with E-state index in [0.29, 0.717) is 0 Å². The number of aromatic nitrogens is 3. The second kappa shape index (κ2) is 5.12. The Morgan fingerprint density at radius 2 is 1.33 bits per heavy atom. The van der Waals surface area contributed by atoms with Gasteiger partial charge in [0.1, 0.15) is 0 Å². The molecule has 1 heterocycles. The van der Waals surface area contributed by atoms with Gasteiger partial charge in [-0.25, -0.2) is 0 Å². The fourth-order valence-corrected chi connectivity index (χ4v) is 0.424. The van der Waals surface area contributed by atoms with E-state index in [2.05, 4.69) is 15.2 Å². The van der Waals surface area contributed by atoms with Crippen molar-refractivity contribution in [3.63, 3.8) is 0 Å². The molecule has 0 aliphatic rings. The molecule has 0 aliphatic carbocycles. The topological polar surface area (TPSA) is 39.9 Å². The molecular formula is C4H6N3V2-. The quantitative estimate of drug-likeness (QED) is 0.591. The molecule has 0 spiro atoms. The molecule has 0 N–H and O–H groups in total. The summed E-state index contributed by atoms with van der Waals surface area (Å²) in [6.45, 7) is 3.64. The molecule has 3 nitrogen and oxygen atoms in total. The minimum Gasteiger partial charge on any atom is -0.367 e. The standard InChI is InChI=1S/C4H6N3.2V/c1-3-5-4(2)7-6-3;;/h1-2H3;;/q-1;;. The zero-order valence-electron chi connectivity index (χ0n) is 5.24. The SMILES string of the molecule is Cc1nnc(C)[n-]1.[V].[V]. The number of nitrogens with zero attached hydrogens (tertiary/aromatic N) is 3. The Morgan fingerprint density at radius 3 is 1.44 bits per heavy atom. The molecule has 0 bridgehead atoms. The van der Waals surface area contributed by atoms with Crippen molar-refractivity contribution in [2.75, 3.05) is 0 Å². The molecular weight excluding hydrogens is 192 g/mol. The monoisotopic (exact) mass is 198 g/mol. The summed E-state index contributed by atoms with van der Waals surface area (Å²) in [6.07, 6.45) is 0. The van der Waals surface area contributed by atoms with Gasteiger partial charge in [0.25, 0.3) is 0 Å². The molecule has 0 amide bonds. The number of hydrogen-bond acceptors (Lipinski definition) is 2. The molecule has 5 heteroatoms. The average molecular weight is 198 g/mol.